The van der Waals surface area contributed by atoms with Crippen molar-refractivity contribution in [3.05, 3.63) is 0 Å². The molecule has 1 atom stereocenters. The quantitative estimate of drug-likeness (QED) is 0.830. The molecule has 0 aromatic carbocycles. The Morgan fingerprint density at radius 3 is 2.89 bits per heavy atom. The second-order valence-electron chi connectivity index (χ2n) is 6.47. The Morgan fingerprint density at radius 1 is 1.22 bits per heavy atom. The molecule has 0 aromatic heterocycles. The molecule has 3 aliphatic rings. The van der Waals surface area contributed by atoms with E-state index in [0.29, 0.717) is 11.6 Å². The molecule has 0 amide bonds. The van der Waals surface area contributed by atoms with Crippen LogP contribution in [-0.4, -0.2) is 49.3 Å². The Balaban J connectivity index is 1.39. The van der Waals surface area contributed by atoms with Crippen molar-refractivity contribution >= 4 is 0 Å². The Morgan fingerprint density at radius 2 is 2.11 bits per heavy atom. The van der Waals surface area contributed by atoms with E-state index in [1.807, 2.05) is 0 Å². The number of nitrogens with one attached hydrogen (secondary N) is 1. The summed E-state index contributed by atoms with van der Waals surface area (Å²) in [5.74, 6) is 0. The van der Waals surface area contributed by atoms with Gasteiger partial charge in [-0.3, -0.25) is 0 Å². The number of ether oxygens (including phenoxy) is 1. The van der Waals surface area contributed by atoms with Gasteiger partial charge in [0.05, 0.1) is 6.10 Å². The molecule has 0 bridgehead atoms. The summed E-state index contributed by atoms with van der Waals surface area (Å²) < 4.78 is 5.70. The van der Waals surface area contributed by atoms with E-state index >= 15 is 0 Å². The van der Waals surface area contributed by atoms with Crippen molar-refractivity contribution in [2.75, 3.05) is 32.8 Å². The van der Waals surface area contributed by atoms with Gasteiger partial charge < -0.3 is 15.0 Å². The summed E-state index contributed by atoms with van der Waals surface area (Å²) in [5.41, 5.74) is 0.488. The average Bonchev–Trinajstić information content (AvgIpc) is 3.02. The van der Waals surface area contributed by atoms with E-state index in [4.69, 9.17) is 4.74 Å². The highest BCUT2D eigenvalue weighted by Gasteiger charge is 2.37. The van der Waals surface area contributed by atoms with E-state index in [0.717, 1.165) is 6.61 Å². The average molecular weight is 252 g/mol. The summed E-state index contributed by atoms with van der Waals surface area (Å²) in [7, 11) is 0. The van der Waals surface area contributed by atoms with Gasteiger partial charge in [-0.25, -0.2) is 0 Å². The molecule has 1 aliphatic carbocycles. The van der Waals surface area contributed by atoms with E-state index in [1.54, 1.807) is 0 Å². The molecule has 104 valence electrons. The third-order valence-electron chi connectivity index (χ3n) is 5.04. The molecule has 3 rings (SSSR count). The molecule has 3 heteroatoms. The van der Waals surface area contributed by atoms with Gasteiger partial charge in [0, 0.05) is 31.8 Å². The van der Waals surface area contributed by atoms with Crippen LogP contribution >= 0.6 is 0 Å². The molecule has 2 aliphatic heterocycles. The minimum absolute atomic E-state index is 0.488. The lowest BCUT2D eigenvalue weighted by atomic mass is 9.94. The first-order valence-electron chi connectivity index (χ1n) is 7.95. The normalized spacial score (nSPS) is 32.3. The summed E-state index contributed by atoms with van der Waals surface area (Å²) in [6.07, 6.45) is 11.4. The fraction of sp³-hybridized carbons (Fsp3) is 1.00. The van der Waals surface area contributed by atoms with Gasteiger partial charge in [0.25, 0.3) is 0 Å². The molecule has 0 radical (unpaired) electrons. The molecule has 2 saturated heterocycles. The van der Waals surface area contributed by atoms with E-state index in [-0.39, 0.29) is 0 Å². The minimum Gasteiger partial charge on any atom is -0.378 e. The van der Waals surface area contributed by atoms with Gasteiger partial charge in [0.1, 0.15) is 0 Å². The maximum atomic E-state index is 5.70. The number of nitrogens with zero attached hydrogens (tertiary/aromatic N) is 1. The number of hydrogen-bond donors (Lipinski definition) is 1. The Bertz CT molecular complexity index is 257. The summed E-state index contributed by atoms with van der Waals surface area (Å²) in [4.78, 5) is 2.69. The second kappa shape index (κ2) is 5.89. The van der Waals surface area contributed by atoms with Crippen molar-refractivity contribution in [3.8, 4) is 0 Å². The molecule has 1 spiro atoms. The van der Waals surface area contributed by atoms with Crippen LogP contribution in [0.2, 0.25) is 0 Å². The number of piperazine rings is 1. The van der Waals surface area contributed by atoms with Crippen LogP contribution in [0.4, 0.5) is 0 Å². The first kappa shape index (κ1) is 12.9. The maximum Gasteiger partial charge on any atom is 0.0576 e. The molecule has 1 N–H and O–H groups in total. The van der Waals surface area contributed by atoms with Crippen LogP contribution in [0.25, 0.3) is 0 Å². The van der Waals surface area contributed by atoms with Crippen molar-refractivity contribution in [2.45, 2.75) is 63.0 Å². The number of hydrogen-bond acceptors (Lipinski definition) is 3. The van der Waals surface area contributed by atoms with Gasteiger partial charge in [0.15, 0.2) is 0 Å². The van der Waals surface area contributed by atoms with E-state index in [1.165, 1.54) is 77.5 Å². The standard InChI is InChI=1S/C15H28N2O/c1-2-8-15(7-1)13-17(11-9-16-15)10-3-5-14-6-4-12-18-14/h14,16H,1-13H2. The van der Waals surface area contributed by atoms with Crippen LogP contribution in [0.3, 0.4) is 0 Å². The topological polar surface area (TPSA) is 24.5 Å². The predicted molar refractivity (Wildman–Crippen MR) is 73.8 cm³/mol. The lowest BCUT2D eigenvalue weighted by molar-refractivity contribution is 0.0911. The Labute approximate surface area is 111 Å². The predicted octanol–water partition coefficient (Wildman–Crippen LogP) is 2.16. The molecular weight excluding hydrogens is 224 g/mol. The molecule has 0 aromatic rings. The van der Waals surface area contributed by atoms with Gasteiger partial charge in [-0.2, -0.15) is 0 Å². The zero-order chi connectivity index (χ0) is 12.3. The van der Waals surface area contributed by atoms with Gasteiger partial charge in [-0.1, -0.05) is 12.8 Å². The van der Waals surface area contributed by atoms with E-state index < -0.39 is 0 Å². The lowest BCUT2D eigenvalue weighted by Crippen LogP contribution is -2.59. The Hall–Kier alpha value is -0.120. The zero-order valence-corrected chi connectivity index (χ0v) is 11.6. The first-order chi connectivity index (χ1) is 8.86. The van der Waals surface area contributed by atoms with Crippen molar-refractivity contribution in [3.63, 3.8) is 0 Å². The zero-order valence-electron chi connectivity index (χ0n) is 11.6. The fourth-order valence-corrected chi connectivity index (χ4v) is 4.03. The van der Waals surface area contributed by atoms with Gasteiger partial charge in [-0.05, 0) is 45.1 Å². The maximum absolute atomic E-state index is 5.70. The SMILES string of the molecule is C1COC(CCCN2CCNC3(CCCC3)C2)C1. The van der Waals surface area contributed by atoms with E-state index in [2.05, 4.69) is 10.2 Å². The fourth-order valence-electron chi connectivity index (χ4n) is 4.03. The van der Waals surface area contributed by atoms with Gasteiger partial charge in [-0.15, -0.1) is 0 Å². The molecule has 18 heavy (non-hydrogen) atoms. The van der Waals surface area contributed by atoms with Gasteiger partial charge >= 0.3 is 0 Å². The molecule has 3 fully saturated rings. The molecule has 1 saturated carbocycles. The van der Waals surface area contributed by atoms with Crippen molar-refractivity contribution in [2.24, 2.45) is 0 Å². The van der Waals surface area contributed by atoms with Gasteiger partial charge in [0.2, 0.25) is 0 Å². The largest absolute Gasteiger partial charge is 0.378 e. The minimum atomic E-state index is 0.488. The summed E-state index contributed by atoms with van der Waals surface area (Å²) >= 11 is 0. The first-order valence-corrected chi connectivity index (χ1v) is 7.95. The van der Waals surface area contributed by atoms with Crippen LogP contribution in [0.5, 0.6) is 0 Å². The van der Waals surface area contributed by atoms with Crippen molar-refractivity contribution in [1.29, 1.82) is 0 Å². The molecular formula is C15H28N2O. The van der Waals surface area contributed by atoms with Crippen LogP contribution < -0.4 is 5.32 Å². The highest BCUT2D eigenvalue weighted by atomic mass is 16.5. The smallest absolute Gasteiger partial charge is 0.0576 e. The van der Waals surface area contributed by atoms with Crippen LogP contribution in [0, 0.1) is 0 Å². The molecule has 1 unspecified atom stereocenters. The molecule has 3 nitrogen and oxygen atoms in total. The lowest BCUT2D eigenvalue weighted by Gasteiger charge is -2.41. The van der Waals surface area contributed by atoms with Crippen LogP contribution in [0.15, 0.2) is 0 Å². The monoisotopic (exact) mass is 252 g/mol. The second-order valence-corrected chi connectivity index (χ2v) is 6.47. The van der Waals surface area contributed by atoms with Crippen molar-refractivity contribution < 1.29 is 4.74 Å². The third-order valence-corrected chi connectivity index (χ3v) is 5.04. The summed E-state index contributed by atoms with van der Waals surface area (Å²) in [6, 6.07) is 0. The third kappa shape index (κ3) is 3.06. The number of rotatable bonds is 4. The van der Waals surface area contributed by atoms with E-state index in [9.17, 15) is 0 Å². The van der Waals surface area contributed by atoms with Crippen molar-refractivity contribution in [1.82, 2.24) is 10.2 Å². The highest BCUT2D eigenvalue weighted by molar-refractivity contribution is 4.98. The summed E-state index contributed by atoms with van der Waals surface area (Å²) in [6.45, 7) is 6.01. The summed E-state index contributed by atoms with van der Waals surface area (Å²) in [5, 5.41) is 3.79. The van der Waals surface area contributed by atoms with Crippen LogP contribution in [-0.2, 0) is 4.74 Å². The molecule has 2 heterocycles. The Kier molecular flexibility index (Phi) is 4.22. The van der Waals surface area contributed by atoms with Crippen LogP contribution in [0.1, 0.15) is 51.4 Å². The highest BCUT2D eigenvalue weighted by Crippen LogP contribution is 2.32.